The van der Waals surface area contributed by atoms with Gasteiger partial charge in [0.1, 0.15) is 5.92 Å². The van der Waals surface area contributed by atoms with Gasteiger partial charge in [0, 0.05) is 11.1 Å². The quantitative estimate of drug-likeness (QED) is 0.487. The van der Waals surface area contributed by atoms with Crippen molar-refractivity contribution < 1.29 is 24.0 Å². The lowest BCUT2D eigenvalue weighted by atomic mass is 9.92. The molecule has 0 heterocycles. The molecule has 1 aliphatic carbocycles. The number of methoxy groups -OCH3 is 2. The molecule has 0 spiro atoms. The highest BCUT2D eigenvalue weighted by atomic mass is 16.6. The van der Waals surface area contributed by atoms with E-state index in [2.05, 4.69) is 0 Å². The number of hydrogen-bond acceptors (Lipinski definition) is 6. The van der Waals surface area contributed by atoms with Crippen LogP contribution in [0.25, 0.3) is 0 Å². The molecule has 122 valence electrons. The molecule has 0 radical (unpaired) electrons. The number of carbonyl (C=O) groups is 2. The van der Waals surface area contributed by atoms with Crippen LogP contribution in [0.15, 0.2) is 36.4 Å². The molecule has 0 N–H and O–H groups in total. The van der Waals surface area contributed by atoms with E-state index in [9.17, 15) is 19.7 Å². The summed E-state index contributed by atoms with van der Waals surface area (Å²) in [5, 5.41) is 11.4. The number of ketones is 2. The molecule has 0 bridgehead atoms. The van der Waals surface area contributed by atoms with Crippen molar-refractivity contribution in [2.45, 2.75) is 5.92 Å². The van der Waals surface area contributed by atoms with Crippen LogP contribution in [-0.2, 0) is 0 Å². The number of carbonyl (C=O) groups excluding carboxylic acids is 2. The zero-order valence-electron chi connectivity index (χ0n) is 12.9. The van der Waals surface area contributed by atoms with Crippen molar-refractivity contribution in [3.63, 3.8) is 0 Å². The smallest absolute Gasteiger partial charge is 0.277 e. The summed E-state index contributed by atoms with van der Waals surface area (Å²) in [6.07, 6.45) is 0. The largest absolute Gasteiger partial charge is 0.493 e. The number of nitrogens with zero attached hydrogens (tertiary/aromatic N) is 1. The van der Waals surface area contributed by atoms with Gasteiger partial charge >= 0.3 is 0 Å². The first-order valence-corrected chi connectivity index (χ1v) is 7.07. The Labute approximate surface area is 137 Å². The maximum atomic E-state index is 12.6. The van der Waals surface area contributed by atoms with Crippen molar-refractivity contribution in [1.82, 2.24) is 0 Å². The van der Waals surface area contributed by atoms with Gasteiger partial charge in [-0.15, -0.1) is 0 Å². The first-order valence-electron chi connectivity index (χ1n) is 7.07. The molecule has 2 aromatic rings. The third kappa shape index (κ3) is 2.21. The molecule has 2 aromatic carbocycles. The zero-order valence-corrected chi connectivity index (χ0v) is 12.9. The van der Waals surface area contributed by atoms with Gasteiger partial charge in [-0.1, -0.05) is 24.3 Å². The highest BCUT2D eigenvalue weighted by Crippen LogP contribution is 2.42. The van der Waals surface area contributed by atoms with E-state index in [0.29, 0.717) is 0 Å². The van der Waals surface area contributed by atoms with E-state index >= 15 is 0 Å². The van der Waals surface area contributed by atoms with Gasteiger partial charge in [0.2, 0.25) is 0 Å². The molecule has 0 unspecified atom stereocenters. The Kier molecular flexibility index (Phi) is 3.76. The number of Topliss-reactive ketones (excluding diaryl/α,β-unsaturated/α-hetero) is 2. The van der Waals surface area contributed by atoms with Gasteiger partial charge in [-0.05, 0) is 6.07 Å². The fourth-order valence-electron chi connectivity index (χ4n) is 2.90. The van der Waals surface area contributed by atoms with Gasteiger partial charge in [0.05, 0.1) is 30.8 Å². The zero-order chi connectivity index (χ0) is 17.4. The summed E-state index contributed by atoms with van der Waals surface area (Å²) in [7, 11) is 2.73. The fourth-order valence-corrected chi connectivity index (χ4v) is 2.90. The van der Waals surface area contributed by atoms with Crippen molar-refractivity contribution in [2.75, 3.05) is 14.2 Å². The summed E-state index contributed by atoms with van der Waals surface area (Å²) >= 11 is 0. The Morgan fingerprint density at radius 1 is 0.958 bits per heavy atom. The molecule has 7 heteroatoms. The Morgan fingerprint density at radius 2 is 1.46 bits per heavy atom. The third-order valence-electron chi connectivity index (χ3n) is 4.02. The molecule has 24 heavy (non-hydrogen) atoms. The number of hydrogen-bond donors (Lipinski definition) is 0. The predicted molar refractivity (Wildman–Crippen MR) is 84.0 cm³/mol. The first kappa shape index (κ1) is 15.7. The number of benzene rings is 2. The van der Waals surface area contributed by atoms with Crippen molar-refractivity contribution in [3.05, 3.63) is 63.2 Å². The minimum absolute atomic E-state index is 0.00356. The summed E-state index contributed by atoms with van der Waals surface area (Å²) < 4.78 is 10.2. The summed E-state index contributed by atoms with van der Waals surface area (Å²) in [5.74, 6) is -1.78. The number of nitro groups is 1. The van der Waals surface area contributed by atoms with E-state index in [4.69, 9.17) is 9.47 Å². The molecule has 7 nitrogen and oxygen atoms in total. The average Bonchev–Trinajstić information content (AvgIpc) is 2.85. The van der Waals surface area contributed by atoms with Gasteiger partial charge in [-0.2, -0.15) is 0 Å². The second-order valence-electron chi connectivity index (χ2n) is 5.23. The van der Waals surface area contributed by atoms with E-state index < -0.39 is 22.4 Å². The minimum atomic E-state index is -1.25. The van der Waals surface area contributed by atoms with Crippen LogP contribution in [0, 0.1) is 10.1 Å². The monoisotopic (exact) mass is 327 g/mol. The Morgan fingerprint density at radius 3 is 1.92 bits per heavy atom. The van der Waals surface area contributed by atoms with Gasteiger partial charge in [-0.3, -0.25) is 19.7 Å². The lowest BCUT2D eigenvalue weighted by molar-refractivity contribution is -0.385. The number of fused-ring (bicyclic) bond motifs is 1. The first-order chi connectivity index (χ1) is 11.5. The van der Waals surface area contributed by atoms with Gasteiger partial charge in [-0.25, -0.2) is 0 Å². The van der Waals surface area contributed by atoms with Crippen molar-refractivity contribution in [2.24, 2.45) is 0 Å². The molecule has 0 saturated carbocycles. The lowest BCUT2D eigenvalue weighted by Crippen LogP contribution is -2.15. The number of ether oxygens (including phenoxy) is 2. The molecule has 0 fully saturated rings. The maximum Gasteiger partial charge on any atom is 0.277 e. The Hall–Kier alpha value is -3.22. The van der Waals surface area contributed by atoms with E-state index in [1.807, 2.05) is 0 Å². The van der Waals surface area contributed by atoms with Crippen molar-refractivity contribution >= 4 is 17.3 Å². The summed E-state index contributed by atoms with van der Waals surface area (Å²) in [4.78, 5) is 36.0. The van der Waals surface area contributed by atoms with E-state index in [1.54, 1.807) is 24.3 Å². The Bertz CT molecular complexity index is 838. The molecular weight excluding hydrogens is 314 g/mol. The van der Waals surface area contributed by atoms with Crippen LogP contribution >= 0.6 is 0 Å². The lowest BCUT2D eigenvalue weighted by Gasteiger charge is -2.13. The molecule has 0 saturated heterocycles. The SMILES string of the molecule is COc1cc(C2C(=O)c3ccccc3C2=O)c([N+](=O)[O-])cc1OC. The normalized spacial score (nSPS) is 13.8. The summed E-state index contributed by atoms with van der Waals surface area (Å²) in [6.45, 7) is 0. The van der Waals surface area contributed by atoms with E-state index in [1.165, 1.54) is 20.3 Å². The van der Waals surface area contributed by atoms with Gasteiger partial charge in [0.15, 0.2) is 23.1 Å². The minimum Gasteiger partial charge on any atom is -0.493 e. The molecule has 0 atom stereocenters. The number of rotatable bonds is 4. The topological polar surface area (TPSA) is 95.7 Å². The van der Waals surface area contributed by atoms with Gasteiger partial charge in [0.25, 0.3) is 5.69 Å². The number of nitro benzene ring substituents is 1. The van der Waals surface area contributed by atoms with Crippen LogP contribution in [0.5, 0.6) is 11.5 Å². The Balaban J connectivity index is 2.21. The maximum absolute atomic E-state index is 12.6. The molecule has 0 amide bonds. The van der Waals surface area contributed by atoms with Crippen LogP contribution in [0.3, 0.4) is 0 Å². The molecule has 1 aliphatic rings. The third-order valence-corrected chi connectivity index (χ3v) is 4.02. The van der Waals surface area contributed by atoms with Gasteiger partial charge < -0.3 is 9.47 Å². The van der Waals surface area contributed by atoms with Crippen LogP contribution in [0.4, 0.5) is 5.69 Å². The molecule has 0 aliphatic heterocycles. The van der Waals surface area contributed by atoms with Crippen molar-refractivity contribution in [3.8, 4) is 11.5 Å². The molecule has 0 aromatic heterocycles. The molecule has 3 rings (SSSR count). The summed E-state index contributed by atoms with van der Waals surface area (Å²) in [5.41, 5.74) is 0.198. The summed E-state index contributed by atoms with van der Waals surface area (Å²) in [6, 6.07) is 8.87. The van der Waals surface area contributed by atoms with Crippen LogP contribution in [0.2, 0.25) is 0 Å². The van der Waals surface area contributed by atoms with E-state index in [-0.39, 0.29) is 33.9 Å². The fraction of sp³-hybridized carbons (Fsp3) is 0.176. The van der Waals surface area contributed by atoms with Crippen LogP contribution in [0.1, 0.15) is 32.2 Å². The van der Waals surface area contributed by atoms with Crippen LogP contribution < -0.4 is 9.47 Å². The second kappa shape index (κ2) is 5.77. The van der Waals surface area contributed by atoms with E-state index in [0.717, 1.165) is 6.07 Å². The highest BCUT2D eigenvalue weighted by molar-refractivity contribution is 6.30. The molecular formula is C17H13NO6. The second-order valence-corrected chi connectivity index (χ2v) is 5.23. The van der Waals surface area contributed by atoms with Crippen LogP contribution in [-0.4, -0.2) is 30.7 Å². The highest BCUT2D eigenvalue weighted by Gasteiger charge is 2.43. The van der Waals surface area contributed by atoms with Crippen molar-refractivity contribution in [1.29, 1.82) is 0 Å². The average molecular weight is 327 g/mol. The predicted octanol–water partition coefficient (Wildman–Crippen LogP) is 2.77. The standard InChI is InChI=1S/C17H13NO6/c1-23-13-7-11(12(18(21)22)8-14(13)24-2)15-16(19)9-5-3-4-6-10(9)17(15)20/h3-8,15H,1-2H3.